The number of aliphatic hydroxyl groups excluding tert-OH is 1. The molecule has 0 aliphatic carbocycles. The molecule has 0 fully saturated rings. The second-order valence-corrected chi connectivity index (χ2v) is 28.3. The molecule has 0 bridgehead atoms. The first-order valence-corrected chi connectivity index (χ1v) is 25.5. The van der Waals surface area contributed by atoms with Crippen molar-refractivity contribution in [2.24, 2.45) is 11.8 Å². The van der Waals surface area contributed by atoms with Crippen LogP contribution < -0.4 is 9.58 Å². The minimum Gasteiger partial charge on any atom is 0 e. The van der Waals surface area contributed by atoms with Crippen molar-refractivity contribution in [1.82, 2.24) is 4.98 Å². The van der Waals surface area contributed by atoms with E-state index in [-0.39, 0.29) is 43.5 Å². The number of nitrogens with zero attached hydrogens (tertiary/aromatic N) is 1. The van der Waals surface area contributed by atoms with Crippen molar-refractivity contribution in [3.05, 3.63) is 66.6 Å². The van der Waals surface area contributed by atoms with Gasteiger partial charge in [0.2, 0.25) is 0 Å². The van der Waals surface area contributed by atoms with Crippen LogP contribution in [0.3, 0.4) is 0 Å². The second-order valence-electron chi connectivity index (χ2n) is 12.6. The summed E-state index contributed by atoms with van der Waals surface area (Å²) >= 11 is -1.86. The van der Waals surface area contributed by atoms with Gasteiger partial charge in [-0.3, -0.25) is 4.79 Å². The second kappa shape index (κ2) is 16.2. The Balaban J connectivity index is 0.000000437. The van der Waals surface area contributed by atoms with Crippen molar-refractivity contribution in [3.63, 3.8) is 0 Å². The third kappa shape index (κ3) is 10.1. The first-order chi connectivity index (χ1) is 18.3. The first kappa shape index (κ1) is 36.5. The van der Waals surface area contributed by atoms with Crippen molar-refractivity contribution < 1.29 is 30.0 Å². The van der Waals surface area contributed by atoms with Crippen LogP contribution in [0.5, 0.6) is 0 Å². The Morgan fingerprint density at radius 2 is 1.52 bits per heavy atom. The van der Waals surface area contributed by atoms with Crippen LogP contribution in [0, 0.1) is 17.9 Å². The zero-order valence-electron chi connectivity index (χ0n) is 26.3. The molecule has 0 amide bonds. The maximum atomic E-state index is 11.7. The molecule has 3 rings (SSSR count). The molecule has 1 N–H and O–H groups in total. The van der Waals surface area contributed by atoms with Gasteiger partial charge in [0.15, 0.2) is 5.78 Å². The fourth-order valence-corrected chi connectivity index (χ4v) is 8.82. The number of carbonyl (C=O) groups is 1. The Bertz CT molecular complexity index is 1270. The van der Waals surface area contributed by atoms with Crippen LogP contribution in [0.4, 0.5) is 0 Å². The zero-order chi connectivity index (χ0) is 29.4. The number of benzene rings is 2. The first-order valence-electron chi connectivity index (χ1n) is 14.6. The quantitative estimate of drug-likeness (QED) is 0.0968. The van der Waals surface area contributed by atoms with Crippen LogP contribution in [0.1, 0.15) is 53.4 Å². The zero-order valence-corrected chi connectivity index (χ0v) is 31.8. The Hall–Kier alpha value is -1.53. The molecular weight excluding hydrogens is 747 g/mol. The molecule has 0 spiro atoms. The van der Waals surface area contributed by atoms with Crippen LogP contribution in [-0.4, -0.2) is 37.2 Å². The summed E-state index contributed by atoms with van der Waals surface area (Å²) in [7, 11) is -1.45. The number of aliphatic hydroxyl groups is 1. The molecule has 221 valence electrons. The standard InChI is InChI=1S/C21H26GeNSi.C13H24O2.Ir/c1-22(2,3)18-11-12-23-20(15-18)17-13-16-9-7-8-10-19(16)21(14-17)24(4,5)6;1-5-10(6-2)12(14)9-13(15)11(7-3)8-4;/h7-12,14-15H,1-6H3;9-11,14H,5-8H2,1-4H3;/q-1;;/b;12-9-;. The molecule has 0 aliphatic rings. The number of aromatic nitrogens is 1. The van der Waals surface area contributed by atoms with Crippen molar-refractivity contribution in [2.75, 3.05) is 0 Å². The van der Waals surface area contributed by atoms with E-state index in [4.69, 9.17) is 0 Å². The molecule has 1 heterocycles. The number of hydrogen-bond acceptors (Lipinski definition) is 3. The Labute approximate surface area is 261 Å². The van der Waals surface area contributed by atoms with Gasteiger partial charge in [-0.2, -0.15) is 0 Å². The van der Waals surface area contributed by atoms with Crippen LogP contribution in [0.15, 0.2) is 60.5 Å². The fraction of sp³-hybridized carbons (Fsp3) is 0.471. The van der Waals surface area contributed by atoms with Crippen molar-refractivity contribution in [1.29, 1.82) is 0 Å². The predicted molar refractivity (Wildman–Crippen MR) is 176 cm³/mol. The van der Waals surface area contributed by atoms with Gasteiger partial charge in [0, 0.05) is 38.0 Å². The molecule has 2 aromatic carbocycles. The summed E-state index contributed by atoms with van der Waals surface area (Å²) in [6.45, 7) is 15.3. The van der Waals surface area contributed by atoms with Crippen LogP contribution in [0.25, 0.3) is 22.0 Å². The number of rotatable bonds is 10. The van der Waals surface area contributed by atoms with Crippen LogP contribution in [-0.2, 0) is 24.9 Å². The van der Waals surface area contributed by atoms with Crippen molar-refractivity contribution in [2.45, 2.75) is 90.3 Å². The van der Waals surface area contributed by atoms with E-state index < -0.39 is 21.3 Å². The number of hydrogen-bond donors (Lipinski definition) is 1. The fourth-order valence-electron chi connectivity index (χ4n) is 4.81. The smallest absolute Gasteiger partial charge is 0 e. The Kier molecular flexibility index (Phi) is 14.8. The number of carbonyl (C=O) groups excluding carboxylic acids is 1. The topological polar surface area (TPSA) is 50.2 Å². The average Bonchev–Trinajstić information content (AvgIpc) is 2.89. The molecule has 3 nitrogen and oxygen atoms in total. The van der Waals surface area contributed by atoms with E-state index in [0.29, 0.717) is 0 Å². The summed E-state index contributed by atoms with van der Waals surface area (Å²) in [5, 5.41) is 13.8. The average molecular weight is 798 g/mol. The van der Waals surface area contributed by atoms with E-state index >= 15 is 0 Å². The summed E-state index contributed by atoms with van der Waals surface area (Å²) in [4.78, 5) is 16.4. The largest absolute Gasteiger partial charge is 0 e. The van der Waals surface area contributed by atoms with Crippen molar-refractivity contribution >= 4 is 47.5 Å². The van der Waals surface area contributed by atoms with E-state index in [1.165, 1.54) is 26.4 Å². The normalized spacial score (nSPS) is 12.2. The van der Waals surface area contributed by atoms with Gasteiger partial charge in [0.1, 0.15) is 0 Å². The molecule has 6 heteroatoms. The van der Waals surface area contributed by atoms with Crippen LogP contribution in [0.2, 0.25) is 36.9 Å². The van der Waals surface area contributed by atoms with E-state index in [1.54, 1.807) is 0 Å². The van der Waals surface area contributed by atoms with Gasteiger partial charge in [-0.1, -0.05) is 27.7 Å². The van der Waals surface area contributed by atoms with E-state index in [9.17, 15) is 9.90 Å². The summed E-state index contributed by atoms with van der Waals surface area (Å²) in [6.07, 6.45) is 6.88. The van der Waals surface area contributed by atoms with E-state index in [2.05, 4.69) is 90.4 Å². The molecule has 1 aromatic heterocycles. The minimum absolute atomic E-state index is 0. The number of fused-ring (bicyclic) bond motifs is 1. The Morgan fingerprint density at radius 1 is 0.950 bits per heavy atom. The molecule has 0 saturated heterocycles. The number of pyridine rings is 1. The maximum absolute atomic E-state index is 11.7. The van der Waals surface area contributed by atoms with Crippen molar-refractivity contribution in [3.8, 4) is 11.3 Å². The summed E-state index contributed by atoms with van der Waals surface area (Å²) in [5.74, 6) is 7.83. The van der Waals surface area contributed by atoms with Gasteiger partial charge in [0.05, 0.1) is 5.76 Å². The number of allylic oxidation sites excluding steroid dienone is 2. The Morgan fingerprint density at radius 3 is 2.05 bits per heavy atom. The molecule has 40 heavy (non-hydrogen) atoms. The molecule has 3 aromatic rings. The SMILES string of the molecule is CCC(CC)C(=O)/C=C(\O)C(CC)CC.C[Si](C)(C)c1cc(-c2c[c]([Ge]([CH3])([CH3])[CH3])ccn2)[c-]c2ccccc12.[Ir]. The molecular formula is C34H50GeIrNO2Si-. The third-order valence-electron chi connectivity index (χ3n) is 7.57. The summed E-state index contributed by atoms with van der Waals surface area (Å²) < 4.78 is 1.50. The minimum atomic E-state index is -1.86. The van der Waals surface area contributed by atoms with Gasteiger partial charge in [-0.15, -0.1) is 0 Å². The van der Waals surface area contributed by atoms with Gasteiger partial charge in [0.25, 0.3) is 0 Å². The third-order valence-corrected chi connectivity index (χ3v) is 13.9. The number of ketones is 1. The van der Waals surface area contributed by atoms with Gasteiger partial charge in [-0.05, 0) is 25.7 Å². The predicted octanol–water partition coefficient (Wildman–Crippen LogP) is 8.66. The molecule has 0 aliphatic heterocycles. The van der Waals surface area contributed by atoms with Gasteiger partial charge >= 0.3 is 150 Å². The van der Waals surface area contributed by atoms with Crippen LogP contribution >= 0.6 is 0 Å². The monoisotopic (exact) mass is 799 g/mol. The maximum Gasteiger partial charge on any atom is 0 e. The van der Waals surface area contributed by atoms with Gasteiger partial charge < -0.3 is 5.11 Å². The molecule has 1 radical (unpaired) electrons. The molecule has 0 saturated carbocycles. The molecule has 0 atom stereocenters. The van der Waals surface area contributed by atoms with E-state index in [0.717, 1.165) is 36.9 Å². The summed E-state index contributed by atoms with van der Waals surface area (Å²) in [6, 6.07) is 19.1. The summed E-state index contributed by atoms with van der Waals surface area (Å²) in [5.41, 5.74) is 2.21. The van der Waals surface area contributed by atoms with Gasteiger partial charge in [-0.25, -0.2) is 0 Å². The van der Waals surface area contributed by atoms with E-state index in [1.807, 2.05) is 33.9 Å². The molecule has 0 unspecified atom stereocenters.